The molecule has 3 heterocycles. The number of amides is 1. The molecule has 31 heavy (non-hydrogen) atoms. The van der Waals surface area contributed by atoms with E-state index >= 15 is 0 Å². The van der Waals surface area contributed by atoms with Crippen LogP contribution >= 0.6 is 11.6 Å². The summed E-state index contributed by atoms with van der Waals surface area (Å²) in [5, 5.41) is 17.9. The van der Waals surface area contributed by atoms with Gasteiger partial charge in [-0.3, -0.25) is 9.48 Å². The Balaban J connectivity index is 1.56. The summed E-state index contributed by atoms with van der Waals surface area (Å²) in [4.78, 5) is 24.9. The summed E-state index contributed by atoms with van der Waals surface area (Å²) in [6, 6.07) is 14.3. The molecule has 0 radical (unpaired) electrons. The Hall–Kier alpha value is -4.22. The zero-order chi connectivity index (χ0) is 21.5. The Morgan fingerprint density at radius 2 is 2.13 bits per heavy atom. The highest BCUT2D eigenvalue weighted by Crippen LogP contribution is 2.29. The zero-order valence-corrected chi connectivity index (χ0v) is 17.0. The predicted octanol–water partition coefficient (Wildman–Crippen LogP) is 4.29. The first-order valence-electron chi connectivity index (χ1n) is 9.32. The molecule has 0 aliphatic heterocycles. The number of H-pyrrole nitrogens is 1. The number of nitriles is 1. The minimum absolute atomic E-state index is 0.343. The number of carbonyl (C=O) groups is 1. The van der Waals surface area contributed by atoms with Gasteiger partial charge < -0.3 is 10.3 Å². The topological polar surface area (TPSA) is 112 Å². The van der Waals surface area contributed by atoms with Gasteiger partial charge in [0, 0.05) is 29.3 Å². The van der Waals surface area contributed by atoms with Crippen LogP contribution in [0.2, 0.25) is 5.02 Å². The Morgan fingerprint density at radius 1 is 1.26 bits per heavy atom. The van der Waals surface area contributed by atoms with Gasteiger partial charge in [-0.05, 0) is 36.4 Å². The molecule has 5 aromatic rings. The van der Waals surface area contributed by atoms with E-state index in [4.69, 9.17) is 16.9 Å². The smallest absolute Gasteiger partial charge is 0.259 e. The van der Waals surface area contributed by atoms with Crippen LogP contribution in [-0.2, 0) is 7.05 Å². The van der Waals surface area contributed by atoms with Crippen molar-refractivity contribution < 1.29 is 4.79 Å². The van der Waals surface area contributed by atoms with Crippen LogP contribution in [-0.4, -0.2) is 30.6 Å². The van der Waals surface area contributed by atoms with Gasteiger partial charge in [-0.15, -0.1) is 0 Å². The normalized spacial score (nSPS) is 11.0. The molecule has 0 spiro atoms. The highest BCUT2D eigenvalue weighted by molar-refractivity contribution is 6.31. The average Bonchev–Trinajstić information content (AvgIpc) is 3.34. The molecule has 0 saturated carbocycles. The standard InChI is InChI=1S/C22H14ClN7O/c1-30-18-8-13(23)5-6-15(18)19(29-30)17-11-26-21-20(28-17)16(10-25-21)22(31)27-14-4-2-3-12(7-14)9-24/h2-8,10-11H,1H3,(H,25,26)(H,27,31). The fraction of sp³-hybridized carbons (Fsp3) is 0.0455. The molecule has 0 bridgehead atoms. The van der Waals surface area contributed by atoms with Crippen molar-refractivity contribution >= 4 is 45.3 Å². The number of nitrogens with one attached hydrogen (secondary N) is 2. The van der Waals surface area contributed by atoms with Crippen molar-refractivity contribution in [2.24, 2.45) is 7.05 Å². The molecule has 0 fully saturated rings. The number of rotatable bonds is 3. The number of aromatic nitrogens is 5. The molecule has 8 nitrogen and oxygen atoms in total. The molecule has 2 aromatic carbocycles. The van der Waals surface area contributed by atoms with E-state index in [1.165, 1.54) is 0 Å². The van der Waals surface area contributed by atoms with Crippen LogP contribution in [0.3, 0.4) is 0 Å². The van der Waals surface area contributed by atoms with Crippen LogP contribution in [0.4, 0.5) is 5.69 Å². The summed E-state index contributed by atoms with van der Waals surface area (Å²) in [6.45, 7) is 0. The summed E-state index contributed by atoms with van der Waals surface area (Å²) in [6.07, 6.45) is 3.18. The molecule has 9 heteroatoms. The SMILES string of the molecule is Cn1nc(-c2cnc3[nH]cc(C(=O)Nc4cccc(C#N)c4)c3n2)c2ccc(Cl)cc21. The molecule has 0 saturated heterocycles. The number of anilines is 1. The second-order valence-corrected chi connectivity index (χ2v) is 7.37. The lowest BCUT2D eigenvalue weighted by molar-refractivity contribution is 0.102. The van der Waals surface area contributed by atoms with E-state index < -0.39 is 0 Å². The molecule has 0 unspecified atom stereocenters. The fourth-order valence-electron chi connectivity index (χ4n) is 3.46. The van der Waals surface area contributed by atoms with Crippen LogP contribution < -0.4 is 5.32 Å². The molecule has 0 aliphatic carbocycles. The number of carbonyl (C=O) groups excluding carboxylic acids is 1. The zero-order valence-electron chi connectivity index (χ0n) is 16.2. The summed E-state index contributed by atoms with van der Waals surface area (Å²) in [5.41, 5.74) is 4.31. The van der Waals surface area contributed by atoms with Gasteiger partial charge in [0.2, 0.25) is 0 Å². The van der Waals surface area contributed by atoms with Crippen LogP contribution in [0.1, 0.15) is 15.9 Å². The van der Waals surface area contributed by atoms with Gasteiger partial charge in [-0.1, -0.05) is 17.7 Å². The van der Waals surface area contributed by atoms with Crippen molar-refractivity contribution in [2.45, 2.75) is 0 Å². The largest absolute Gasteiger partial charge is 0.344 e. The first kappa shape index (κ1) is 18.8. The third kappa shape index (κ3) is 3.27. The highest BCUT2D eigenvalue weighted by Gasteiger charge is 2.18. The second kappa shape index (κ2) is 7.23. The van der Waals surface area contributed by atoms with Crippen LogP contribution in [0.15, 0.2) is 54.9 Å². The number of hydrogen-bond acceptors (Lipinski definition) is 5. The summed E-state index contributed by atoms with van der Waals surface area (Å²) >= 11 is 6.12. The Kier molecular flexibility index (Phi) is 4.38. The van der Waals surface area contributed by atoms with Crippen LogP contribution in [0.25, 0.3) is 33.5 Å². The number of aromatic amines is 1. The van der Waals surface area contributed by atoms with Crippen LogP contribution in [0, 0.1) is 11.3 Å². The number of halogens is 1. The molecule has 5 rings (SSSR count). The Morgan fingerprint density at radius 3 is 2.97 bits per heavy atom. The molecule has 0 aliphatic rings. The van der Waals surface area contributed by atoms with Crippen molar-refractivity contribution in [1.82, 2.24) is 24.7 Å². The molecular weight excluding hydrogens is 414 g/mol. The van der Waals surface area contributed by atoms with Crippen LogP contribution in [0.5, 0.6) is 0 Å². The molecular formula is C22H14ClN7O. The van der Waals surface area contributed by atoms with Crippen molar-refractivity contribution in [3.63, 3.8) is 0 Å². The first-order valence-corrected chi connectivity index (χ1v) is 9.69. The minimum atomic E-state index is -0.356. The third-order valence-electron chi connectivity index (χ3n) is 4.93. The number of aryl methyl sites for hydroxylation is 1. The van der Waals surface area contributed by atoms with E-state index in [2.05, 4.69) is 31.4 Å². The van der Waals surface area contributed by atoms with Crippen molar-refractivity contribution in [1.29, 1.82) is 5.26 Å². The van der Waals surface area contributed by atoms with Gasteiger partial charge in [-0.25, -0.2) is 9.97 Å². The Bertz CT molecular complexity index is 1530. The van der Waals surface area contributed by atoms with Crippen molar-refractivity contribution in [3.8, 4) is 17.5 Å². The predicted molar refractivity (Wildman–Crippen MR) is 118 cm³/mol. The van der Waals surface area contributed by atoms with E-state index in [9.17, 15) is 4.79 Å². The van der Waals surface area contributed by atoms with Gasteiger partial charge in [0.1, 0.15) is 16.9 Å². The Labute approximate surface area is 181 Å². The lowest BCUT2D eigenvalue weighted by Gasteiger charge is -2.04. The van der Waals surface area contributed by atoms with E-state index in [1.54, 1.807) is 47.4 Å². The average molecular weight is 428 g/mol. The summed E-state index contributed by atoms with van der Waals surface area (Å²) in [5.74, 6) is -0.356. The molecule has 3 aromatic heterocycles. The van der Waals surface area contributed by atoms with Gasteiger partial charge >= 0.3 is 0 Å². The highest BCUT2D eigenvalue weighted by atomic mass is 35.5. The summed E-state index contributed by atoms with van der Waals surface area (Å²) < 4.78 is 1.73. The molecule has 150 valence electrons. The van der Waals surface area contributed by atoms with E-state index in [0.717, 1.165) is 10.9 Å². The van der Waals surface area contributed by atoms with Crippen molar-refractivity contribution in [3.05, 3.63) is 71.0 Å². The van der Waals surface area contributed by atoms with Gasteiger partial charge in [0.15, 0.2) is 5.65 Å². The summed E-state index contributed by atoms with van der Waals surface area (Å²) in [7, 11) is 1.83. The molecule has 0 atom stereocenters. The number of fused-ring (bicyclic) bond motifs is 2. The maximum atomic E-state index is 12.9. The maximum Gasteiger partial charge on any atom is 0.259 e. The number of benzene rings is 2. The number of nitrogens with zero attached hydrogens (tertiary/aromatic N) is 5. The third-order valence-corrected chi connectivity index (χ3v) is 5.17. The second-order valence-electron chi connectivity index (χ2n) is 6.94. The van der Waals surface area contributed by atoms with Crippen molar-refractivity contribution in [2.75, 3.05) is 5.32 Å². The minimum Gasteiger partial charge on any atom is -0.344 e. The van der Waals surface area contributed by atoms with E-state index in [1.807, 2.05) is 19.2 Å². The van der Waals surface area contributed by atoms with Gasteiger partial charge in [-0.2, -0.15) is 10.4 Å². The van der Waals surface area contributed by atoms with E-state index in [-0.39, 0.29) is 5.91 Å². The van der Waals surface area contributed by atoms with E-state index in [0.29, 0.717) is 44.4 Å². The van der Waals surface area contributed by atoms with Gasteiger partial charge in [0.25, 0.3) is 5.91 Å². The fourth-order valence-corrected chi connectivity index (χ4v) is 3.63. The number of hydrogen-bond donors (Lipinski definition) is 2. The molecule has 1 amide bonds. The maximum absolute atomic E-state index is 12.9. The quantitative estimate of drug-likeness (QED) is 0.446. The molecule has 2 N–H and O–H groups in total. The lowest BCUT2D eigenvalue weighted by atomic mass is 10.1. The first-order chi connectivity index (χ1) is 15.0. The lowest BCUT2D eigenvalue weighted by Crippen LogP contribution is -2.11. The van der Waals surface area contributed by atoms with Gasteiger partial charge in [0.05, 0.1) is 28.9 Å². The monoisotopic (exact) mass is 427 g/mol.